The first-order valence-electron chi connectivity index (χ1n) is 7.51. The van der Waals surface area contributed by atoms with Crippen molar-refractivity contribution in [2.24, 2.45) is 0 Å². The minimum atomic E-state index is -0.869. The molecule has 3 aromatic carbocycles. The van der Waals surface area contributed by atoms with Crippen molar-refractivity contribution in [3.05, 3.63) is 77.9 Å². The van der Waals surface area contributed by atoms with Gasteiger partial charge in [0, 0.05) is 0 Å². The minimum absolute atomic E-state index is 0.373. The molecule has 2 aliphatic rings. The molecule has 0 amide bonds. The van der Waals surface area contributed by atoms with Crippen molar-refractivity contribution in [3.8, 4) is 0 Å². The molecule has 102 valence electrons. The molecular formula is C20H17Se+. The van der Waals surface area contributed by atoms with Crippen LogP contribution < -0.4 is 4.46 Å². The van der Waals surface area contributed by atoms with Crippen molar-refractivity contribution in [2.45, 2.75) is 22.5 Å². The van der Waals surface area contributed by atoms with Crippen molar-refractivity contribution in [1.82, 2.24) is 0 Å². The van der Waals surface area contributed by atoms with Crippen LogP contribution in [0.4, 0.5) is 0 Å². The van der Waals surface area contributed by atoms with Gasteiger partial charge in [-0.25, -0.2) is 0 Å². The number of hydrogen-bond donors (Lipinski definition) is 0. The molecule has 0 spiro atoms. The van der Waals surface area contributed by atoms with Crippen LogP contribution in [0.3, 0.4) is 0 Å². The molecule has 3 atom stereocenters. The van der Waals surface area contributed by atoms with Gasteiger partial charge in [-0.2, -0.15) is 0 Å². The third-order valence-electron chi connectivity index (χ3n) is 5.60. The summed E-state index contributed by atoms with van der Waals surface area (Å²) in [4.78, 5) is 0. The summed E-state index contributed by atoms with van der Waals surface area (Å²) in [5.74, 6) is 0. The Kier molecular flexibility index (Phi) is 2.07. The van der Waals surface area contributed by atoms with Crippen molar-refractivity contribution >= 4 is 29.1 Å². The van der Waals surface area contributed by atoms with Gasteiger partial charge >= 0.3 is 129 Å². The van der Waals surface area contributed by atoms with Gasteiger partial charge in [0.05, 0.1) is 0 Å². The predicted octanol–water partition coefficient (Wildman–Crippen LogP) is 3.86. The average Bonchev–Trinajstić information content (AvgIpc) is 2.97. The second-order valence-corrected chi connectivity index (χ2v) is 12.1. The van der Waals surface area contributed by atoms with Crippen LogP contribution in [0.2, 0.25) is 0 Å². The van der Waals surface area contributed by atoms with Crippen LogP contribution in [0.15, 0.2) is 66.7 Å². The molecule has 1 aliphatic carbocycles. The molecule has 1 aliphatic heterocycles. The van der Waals surface area contributed by atoms with Gasteiger partial charge in [-0.05, 0) is 0 Å². The molecule has 1 fully saturated rings. The molecule has 0 radical (unpaired) electrons. The van der Waals surface area contributed by atoms with Crippen LogP contribution in [0.5, 0.6) is 0 Å². The van der Waals surface area contributed by atoms with Crippen molar-refractivity contribution in [2.75, 3.05) is 0 Å². The van der Waals surface area contributed by atoms with Crippen molar-refractivity contribution in [3.63, 3.8) is 0 Å². The molecule has 21 heavy (non-hydrogen) atoms. The van der Waals surface area contributed by atoms with Crippen molar-refractivity contribution in [1.29, 1.82) is 0 Å². The SMILES string of the molecule is C[C@@]12c3cccc4cccc(c34)[C@]1(C)[Se+]2c1ccccc1. The Hall–Kier alpha value is -1.56. The summed E-state index contributed by atoms with van der Waals surface area (Å²) in [6.45, 7) is 5.03. The fourth-order valence-corrected chi connectivity index (χ4v) is 12.2. The third kappa shape index (κ3) is 1.16. The maximum absolute atomic E-state index is 2.51. The third-order valence-corrected chi connectivity index (χ3v) is 12.8. The molecule has 1 unspecified atom stereocenters. The molecule has 0 nitrogen and oxygen atoms in total. The van der Waals surface area contributed by atoms with Crippen LogP contribution in [-0.4, -0.2) is 13.9 Å². The van der Waals surface area contributed by atoms with Crippen LogP contribution in [0.25, 0.3) is 10.8 Å². The van der Waals surface area contributed by atoms with Crippen LogP contribution >= 0.6 is 0 Å². The zero-order valence-corrected chi connectivity index (χ0v) is 14.0. The quantitative estimate of drug-likeness (QED) is 0.592. The van der Waals surface area contributed by atoms with E-state index in [0.717, 1.165) is 0 Å². The predicted molar refractivity (Wildman–Crippen MR) is 90.5 cm³/mol. The van der Waals surface area contributed by atoms with Gasteiger partial charge in [0.2, 0.25) is 0 Å². The van der Waals surface area contributed by atoms with Gasteiger partial charge in [0.15, 0.2) is 0 Å². The van der Waals surface area contributed by atoms with E-state index in [0.29, 0.717) is 8.63 Å². The number of hydrogen-bond acceptors (Lipinski definition) is 0. The summed E-state index contributed by atoms with van der Waals surface area (Å²) >= 11 is -0.869. The summed E-state index contributed by atoms with van der Waals surface area (Å²) in [5.41, 5.74) is 3.21. The number of benzene rings is 3. The first-order valence-corrected chi connectivity index (χ1v) is 10.1. The fraction of sp³-hybridized carbons (Fsp3) is 0.200. The Morgan fingerprint density at radius 1 is 0.667 bits per heavy atom. The standard InChI is InChI=1S/C20H17Se/c1-19-16-12-6-8-14-9-7-13-17(18(14)16)20(19,2)21(19)15-10-4-3-5-11-15/h3-13H,1-2H3/q+1/t19-,20+,21?. The topological polar surface area (TPSA) is 0 Å². The molecule has 0 N–H and O–H groups in total. The molecule has 0 aromatic heterocycles. The summed E-state index contributed by atoms with van der Waals surface area (Å²) in [5, 5.41) is 2.96. The molecule has 1 saturated heterocycles. The van der Waals surface area contributed by atoms with Gasteiger partial charge in [-0.15, -0.1) is 0 Å². The Morgan fingerprint density at radius 3 is 1.81 bits per heavy atom. The van der Waals surface area contributed by atoms with E-state index >= 15 is 0 Å². The van der Waals surface area contributed by atoms with E-state index in [2.05, 4.69) is 80.6 Å². The average molecular weight is 336 g/mol. The van der Waals surface area contributed by atoms with Gasteiger partial charge in [0.25, 0.3) is 0 Å². The molecular weight excluding hydrogens is 319 g/mol. The molecule has 1 heteroatoms. The molecule has 5 rings (SSSR count). The summed E-state index contributed by atoms with van der Waals surface area (Å²) in [6, 6.07) is 25.0. The molecule has 0 saturated carbocycles. The first kappa shape index (κ1) is 12.0. The van der Waals surface area contributed by atoms with Gasteiger partial charge in [-0.3, -0.25) is 0 Å². The Bertz CT molecular complexity index is 832. The second kappa shape index (κ2) is 3.61. The summed E-state index contributed by atoms with van der Waals surface area (Å²) < 4.78 is 2.35. The first-order chi connectivity index (χ1) is 10.2. The number of fused-ring (bicyclic) bond motifs is 3. The molecule has 0 bridgehead atoms. The molecule has 3 aromatic rings. The Labute approximate surface area is 129 Å². The van der Waals surface area contributed by atoms with Gasteiger partial charge < -0.3 is 0 Å². The van der Waals surface area contributed by atoms with Crippen LogP contribution in [0, 0.1) is 0 Å². The van der Waals surface area contributed by atoms with E-state index in [1.807, 2.05) is 0 Å². The Morgan fingerprint density at radius 2 is 1.24 bits per heavy atom. The van der Waals surface area contributed by atoms with E-state index < -0.39 is 13.9 Å². The summed E-state index contributed by atoms with van der Waals surface area (Å²) in [6.07, 6.45) is 0. The van der Waals surface area contributed by atoms with E-state index in [1.54, 1.807) is 21.0 Å². The van der Waals surface area contributed by atoms with E-state index in [9.17, 15) is 0 Å². The van der Waals surface area contributed by atoms with Crippen molar-refractivity contribution < 1.29 is 0 Å². The zero-order chi connectivity index (χ0) is 14.2. The zero-order valence-electron chi connectivity index (χ0n) is 12.3. The van der Waals surface area contributed by atoms with Crippen LogP contribution in [0.1, 0.15) is 25.0 Å². The summed E-state index contributed by atoms with van der Waals surface area (Å²) in [7, 11) is 0. The molecule has 1 heterocycles. The number of rotatable bonds is 1. The normalized spacial score (nSPS) is 32.2. The monoisotopic (exact) mass is 337 g/mol. The fourth-order valence-electron chi connectivity index (χ4n) is 4.45. The van der Waals surface area contributed by atoms with E-state index in [4.69, 9.17) is 0 Å². The Balaban J connectivity index is 1.83. The van der Waals surface area contributed by atoms with E-state index in [-0.39, 0.29) is 0 Å². The van der Waals surface area contributed by atoms with Gasteiger partial charge in [0.1, 0.15) is 0 Å². The van der Waals surface area contributed by atoms with Gasteiger partial charge in [-0.1, -0.05) is 0 Å². The second-order valence-electron chi connectivity index (χ2n) is 6.39. The maximum atomic E-state index is 2.51. The van der Waals surface area contributed by atoms with Crippen LogP contribution in [-0.2, 0) is 8.63 Å². The van der Waals surface area contributed by atoms with E-state index in [1.165, 1.54) is 5.39 Å².